The molecule has 2 nitrogen and oxygen atoms in total. The van der Waals surface area contributed by atoms with Crippen LogP contribution in [0.25, 0.3) is 0 Å². The Balaban J connectivity index is 3.07. The van der Waals surface area contributed by atoms with Gasteiger partial charge >= 0.3 is 0 Å². The number of rotatable bonds is 3. The van der Waals surface area contributed by atoms with E-state index in [1.165, 1.54) is 0 Å². The third-order valence-electron chi connectivity index (χ3n) is 1.85. The molecule has 0 amide bonds. The molecular formula is C9H10BrF2NO. The Hall–Kier alpha value is -0.520. The highest BCUT2D eigenvalue weighted by Gasteiger charge is 2.16. The monoisotopic (exact) mass is 265 g/mol. The maximum atomic E-state index is 13.3. The van der Waals surface area contributed by atoms with Gasteiger partial charge in [0, 0.05) is 22.7 Å². The second-order valence-electron chi connectivity index (χ2n) is 2.90. The van der Waals surface area contributed by atoms with Crippen molar-refractivity contribution in [3.05, 3.63) is 33.8 Å². The van der Waals surface area contributed by atoms with Crippen molar-refractivity contribution >= 4 is 15.9 Å². The van der Waals surface area contributed by atoms with E-state index in [4.69, 9.17) is 10.8 Å². The third kappa shape index (κ3) is 2.50. The molecule has 0 bridgehead atoms. The fourth-order valence-corrected chi connectivity index (χ4v) is 1.59. The maximum Gasteiger partial charge on any atom is 0.132 e. The van der Waals surface area contributed by atoms with Gasteiger partial charge in [-0.25, -0.2) is 8.78 Å². The van der Waals surface area contributed by atoms with E-state index in [9.17, 15) is 8.78 Å². The lowest BCUT2D eigenvalue weighted by Crippen LogP contribution is -2.15. The van der Waals surface area contributed by atoms with Crippen molar-refractivity contribution in [2.24, 2.45) is 5.73 Å². The molecule has 0 fully saturated rings. The summed E-state index contributed by atoms with van der Waals surface area (Å²) in [5.74, 6) is -1.39. The molecule has 14 heavy (non-hydrogen) atoms. The van der Waals surface area contributed by atoms with Crippen LogP contribution in [0.1, 0.15) is 18.0 Å². The fourth-order valence-electron chi connectivity index (χ4n) is 1.19. The van der Waals surface area contributed by atoms with Crippen LogP contribution in [0.15, 0.2) is 16.6 Å². The second kappa shape index (κ2) is 4.82. The first-order valence-electron chi connectivity index (χ1n) is 4.07. The molecule has 0 spiro atoms. The summed E-state index contributed by atoms with van der Waals surface area (Å²) in [6.45, 7) is -0.198. The molecule has 5 heteroatoms. The van der Waals surface area contributed by atoms with Gasteiger partial charge in [0.05, 0.1) is 0 Å². The van der Waals surface area contributed by atoms with E-state index in [2.05, 4.69) is 15.9 Å². The van der Waals surface area contributed by atoms with Crippen LogP contribution in [0.2, 0.25) is 0 Å². The molecule has 1 aromatic rings. The van der Waals surface area contributed by atoms with Gasteiger partial charge in [-0.1, -0.05) is 15.9 Å². The maximum absolute atomic E-state index is 13.3. The Labute approximate surface area is 88.9 Å². The quantitative estimate of drug-likeness (QED) is 0.880. The molecule has 1 rings (SSSR count). The summed E-state index contributed by atoms with van der Waals surface area (Å²) in [6.07, 6.45) is 0.134. The minimum absolute atomic E-state index is 0.134. The fraction of sp³-hybridized carbons (Fsp3) is 0.333. The highest BCUT2D eigenvalue weighted by Crippen LogP contribution is 2.24. The Bertz CT molecular complexity index is 310. The number of halogens is 3. The van der Waals surface area contributed by atoms with Crippen molar-refractivity contribution in [3.63, 3.8) is 0 Å². The van der Waals surface area contributed by atoms with E-state index in [0.29, 0.717) is 4.47 Å². The summed E-state index contributed by atoms with van der Waals surface area (Å²) >= 11 is 2.97. The Morgan fingerprint density at radius 2 is 1.86 bits per heavy atom. The molecule has 0 saturated heterocycles. The summed E-state index contributed by atoms with van der Waals surface area (Å²) in [7, 11) is 0. The molecule has 0 aliphatic heterocycles. The van der Waals surface area contributed by atoms with Crippen LogP contribution in [0.5, 0.6) is 0 Å². The standard InChI is InChI=1S/C9H10BrF2NO/c10-5-3-6(11)9(7(12)4-5)8(13)1-2-14/h3-4,8,14H,1-2,13H2. The zero-order valence-corrected chi connectivity index (χ0v) is 8.89. The predicted molar refractivity (Wildman–Crippen MR) is 52.7 cm³/mol. The number of hydrogen-bond acceptors (Lipinski definition) is 2. The minimum atomic E-state index is -0.812. The SMILES string of the molecule is NC(CCO)c1c(F)cc(Br)cc1F. The number of hydrogen-bond donors (Lipinski definition) is 2. The van der Waals surface area contributed by atoms with E-state index in [0.717, 1.165) is 12.1 Å². The van der Waals surface area contributed by atoms with Crippen LogP contribution in [0.3, 0.4) is 0 Å². The Morgan fingerprint density at radius 3 is 2.29 bits per heavy atom. The Kier molecular flexibility index (Phi) is 3.97. The number of nitrogens with two attached hydrogens (primary N) is 1. The van der Waals surface area contributed by atoms with E-state index >= 15 is 0 Å². The molecule has 0 heterocycles. The van der Waals surface area contributed by atoms with E-state index in [1.807, 2.05) is 0 Å². The zero-order chi connectivity index (χ0) is 10.7. The van der Waals surface area contributed by atoms with Crippen LogP contribution >= 0.6 is 15.9 Å². The summed E-state index contributed by atoms with van der Waals surface area (Å²) in [4.78, 5) is 0. The molecule has 3 N–H and O–H groups in total. The molecular weight excluding hydrogens is 256 g/mol. The molecule has 0 aliphatic carbocycles. The summed E-state index contributed by atoms with van der Waals surface area (Å²) in [5.41, 5.74) is 5.32. The average molecular weight is 266 g/mol. The van der Waals surface area contributed by atoms with Crippen molar-refractivity contribution in [2.45, 2.75) is 12.5 Å². The Morgan fingerprint density at radius 1 is 1.36 bits per heavy atom. The number of aliphatic hydroxyl groups excluding tert-OH is 1. The van der Waals surface area contributed by atoms with Crippen LogP contribution < -0.4 is 5.73 Å². The number of benzene rings is 1. The van der Waals surface area contributed by atoms with Crippen molar-refractivity contribution < 1.29 is 13.9 Å². The van der Waals surface area contributed by atoms with Gasteiger partial charge in [-0.15, -0.1) is 0 Å². The van der Waals surface area contributed by atoms with Crippen LogP contribution in [0.4, 0.5) is 8.78 Å². The zero-order valence-electron chi connectivity index (χ0n) is 7.30. The van der Waals surface area contributed by atoms with Crippen molar-refractivity contribution in [1.29, 1.82) is 0 Å². The van der Waals surface area contributed by atoms with Gasteiger partial charge in [-0.2, -0.15) is 0 Å². The molecule has 0 radical (unpaired) electrons. The van der Waals surface area contributed by atoms with Crippen molar-refractivity contribution in [3.8, 4) is 0 Å². The van der Waals surface area contributed by atoms with Gasteiger partial charge in [0.15, 0.2) is 0 Å². The summed E-state index contributed by atoms with van der Waals surface area (Å²) in [6, 6.07) is 1.48. The lowest BCUT2D eigenvalue weighted by Gasteiger charge is -2.12. The molecule has 0 saturated carbocycles. The highest BCUT2D eigenvalue weighted by atomic mass is 79.9. The van der Waals surface area contributed by atoms with Gasteiger partial charge < -0.3 is 10.8 Å². The van der Waals surface area contributed by atoms with E-state index in [-0.39, 0.29) is 18.6 Å². The van der Waals surface area contributed by atoms with E-state index in [1.54, 1.807) is 0 Å². The van der Waals surface area contributed by atoms with Gasteiger partial charge in [0.2, 0.25) is 0 Å². The molecule has 0 aliphatic rings. The third-order valence-corrected chi connectivity index (χ3v) is 2.31. The van der Waals surface area contributed by atoms with Crippen LogP contribution in [-0.4, -0.2) is 11.7 Å². The smallest absolute Gasteiger partial charge is 0.132 e. The number of aliphatic hydroxyl groups is 1. The molecule has 1 unspecified atom stereocenters. The van der Waals surface area contributed by atoms with Crippen molar-refractivity contribution in [1.82, 2.24) is 0 Å². The molecule has 0 aromatic heterocycles. The molecule has 1 atom stereocenters. The van der Waals surface area contributed by atoms with Gasteiger partial charge in [0.1, 0.15) is 11.6 Å². The lowest BCUT2D eigenvalue weighted by molar-refractivity contribution is 0.274. The minimum Gasteiger partial charge on any atom is -0.396 e. The normalized spacial score (nSPS) is 12.9. The average Bonchev–Trinajstić information content (AvgIpc) is 2.01. The second-order valence-corrected chi connectivity index (χ2v) is 3.82. The highest BCUT2D eigenvalue weighted by molar-refractivity contribution is 9.10. The topological polar surface area (TPSA) is 46.2 Å². The van der Waals surface area contributed by atoms with Gasteiger partial charge in [0.25, 0.3) is 0 Å². The van der Waals surface area contributed by atoms with Crippen LogP contribution in [-0.2, 0) is 0 Å². The summed E-state index contributed by atoms with van der Waals surface area (Å²) in [5, 5.41) is 8.60. The van der Waals surface area contributed by atoms with Crippen molar-refractivity contribution in [2.75, 3.05) is 6.61 Å². The largest absolute Gasteiger partial charge is 0.396 e. The first-order valence-corrected chi connectivity index (χ1v) is 4.86. The first-order chi connectivity index (χ1) is 6.56. The molecule has 78 valence electrons. The molecule has 1 aromatic carbocycles. The van der Waals surface area contributed by atoms with Crippen LogP contribution in [0, 0.1) is 11.6 Å². The van der Waals surface area contributed by atoms with E-state index < -0.39 is 17.7 Å². The summed E-state index contributed by atoms with van der Waals surface area (Å²) < 4.78 is 26.8. The lowest BCUT2D eigenvalue weighted by atomic mass is 10.0. The van der Waals surface area contributed by atoms with Gasteiger partial charge in [-0.05, 0) is 18.6 Å². The predicted octanol–water partition coefficient (Wildman–Crippen LogP) is 2.11. The first kappa shape index (κ1) is 11.6. The van der Waals surface area contributed by atoms with Gasteiger partial charge in [-0.3, -0.25) is 0 Å².